The molecule has 0 fully saturated rings. The lowest BCUT2D eigenvalue weighted by Crippen LogP contribution is -2.35. The fraction of sp³-hybridized carbons (Fsp3) is 0.133. The van der Waals surface area contributed by atoms with E-state index in [0.717, 1.165) is 15.6 Å². The minimum atomic E-state index is -0.510. The van der Waals surface area contributed by atoms with E-state index >= 15 is 0 Å². The quantitative estimate of drug-likeness (QED) is 0.316. The van der Waals surface area contributed by atoms with Crippen molar-refractivity contribution in [2.24, 2.45) is 5.10 Å². The van der Waals surface area contributed by atoms with Crippen molar-refractivity contribution in [2.45, 2.75) is 18.2 Å². The van der Waals surface area contributed by atoms with E-state index in [-0.39, 0.29) is 29.9 Å². The number of hydrogen-bond acceptors (Lipinski definition) is 8. The summed E-state index contributed by atoms with van der Waals surface area (Å²) in [4.78, 5) is 43.8. The number of esters is 1. The first-order valence-electron chi connectivity index (χ1n) is 12.8. The average Bonchev–Trinajstić information content (AvgIpc) is 3.59. The van der Waals surface area contributed by atoms with Crippen molar-refractivity contribution in [3.05, 3.63) is 103 Å². The lowest BCUT2D eigenvalue weighted by molar-refractivity contribution is -0.141. The van der Waals surface area contributed by atoms with Gasteiger partial charge in [0.25, 0.3) is 11.5 Å². The molecule has 0 saturated heterocycles. The molecule has 0 bridgehead atoms. The highest BCUT2D eigenvalue weighted by atomic mass is 35.5. The van der Waals surface area contributed by atoms with Crippen molar-refractivity contribution < 1.29 is 14.3 Å². The first kappa shape index (κ1) is 27.1. The number of anilines is 2. The number of carbonyl (C=O) groups is 2. The van der Waals surface area contributed by atoms with E-state index in [2.05, 4.69) is 5.10 Å². The number of amides is 1. The van der Waals surface area contributed by atoms with Crippen molar-refractivity contribution in [1.82, 2.24) is 4.57 Å². The summed E-state index contributed by atoms with van der Waals surface area (Å²) in [5, 5.41) is 7.15. The van der Waals surface area contributed by atoms with Gasteiger partial charge < -0.3 is 9.64 Å². The van der Waals surface area contributed by atoms with Crippen molar-refractivity contribution in [2.75, 3.05) is 23.6 Å². The van der Waals surface area contributed by atoms with E-state index in [9.17, 15) is 14.4 Å². The van der Waals surface area contributed by atoms with Crippen LogP contribution in [0.4, 0.5) is 11.4 Å². The summed E-state index contributed by atoms with van der Waals surface area (Å²) < 4.78 is 7.57. The Kier molecular flexibility index (Phi) is 7.29. The molecule has 0 atom stereocenters. The molecule has 3 heterocycles. The second-order valence-electron chi connectivity index (χ2n) is 9.15. The smallest absolute Gasteiger partial charge is 0.311 e. The monoisotopic (exact) mass is 602 g/mol. The highest BCUT2D eigenvalue weighted by Crippen LogP contribution is 2.46. The van der Waals surface area contributed by atoms with Crippen LogP contribution in [0, 0.1) is 0 Å². The maximum atomic E-state index is 14.2. The lowest BCUT2D eigenvalue weighted by atomic mass is 10.1. The van der Waals surface area contributed by atoms with E-state index in [1.807, 2.05) is 66.5 Å². The number of para-hydroxylation sites is 2. The molecular formula is C30H23ClN4O4S2. The Hall–Kier alpha value is -4.12. The topological polar surface area (TPSA) is 84.2 Å². The van der Waals surface area contributed by atoms with Gasteiger partial charge >= 0.3 is 5.97 Å². The second-order valence-corrected chi connectivity index (χ2v) is 11.6. The third-order valence-electron chi connectivity index (χ3n) is 6.55. The number of thiazole rings is 1. The number of halogens is 1. The molecule has 0 spiro atoms. The molecule has 0 radical (unpaired) electrons. The predicted octanol–water partition coefficient (Wildman–Crippen LogP) is 4.37. The van der Waals surface area contributed by atoms with Crippen LogP contribution in [0.3, 0.4) is 0 Å². The summed E-state index contributed by atoms with van der Waals surface area (Å²) in [5.41, 5.74) is 2.18. The SMILES string of the molecule is CCOC(=O)CC1=NN(c2ccccc2)C(=O)C1=c1sc(=C2Sc3ccc(Cl)cc3N2C)c(=O)n1-c1ccccc1. The van der Waals surface area contributed by atoms with E-state index in [1.54, 1.807) is 31.2 Å². The maximum Gasteiger partial charge on any atom is 0.311 e. The van der Waals surface area contributed by atoms with Gasteiger partial charge in [-0.15, -0.1) is 11.3 Å². The van der Waals surface area contributed by atoms with Crippen LogP contribution < -0.4 is 24.7 Å². The van der Waals surface area contributed by atoms with Gasteiger partial charge in [0.1, 0.15) is 19.8 Å². The Morgan fingerprint density at radius 2 is 1.66 bits per heavy atom. The van der Waals surface area contributed by atoms with Crippen molar-refractivity contribution in [3.8, 4) is 5.69 Å². The number of hydrazone groups is 1. The maximum absolute atomic E-state index is 14.2. The molecule has 41 heavy (non-hydrogen) atoms. The van der Waals surface area contributed by atoms with Gasteiger partial charge in [0.05, 0.1) is 35.8 Å². The fourth-order valence-corrected chi connectivity index (χ4v) is 7.35. The molecular weight excluding hydrogens is 580 g/mol. The molecule has 206 valence electrons. The van der Waals surface area contributed by atoms with E-state index in [1.165, 1.54) is 32.7 Å². The Bertz CT molecular complexity index is 1900. The molecule has 3 aromatic carbocycles. The first-order chi connectivity index (χ1) is 19.9. The molecule has 8 nitrogen and oxygen atoms in total. The van der Waals surface area contributed by atoms with E-state index in [0.29, 0.717) is 25.6 Å². The summed E-state index contributed by atoms with van der Waals surface area (Å²) in [5.74, 6) is -0.940. The van der Waals surface area contributed by atoms with Gasteiger partial charge in [-0.1, -0.05) is 59.8 Å². The molecule has 1 amide bonds. The Labute approximate surface area is 248 Å². The van der Waals surface area contributed by atoms with Gasteiger partial charge in [-0.3, -0.25) is 19.0 Å². The molecule has 6 rings (SSSR count). The molecule has 0 N–H and O–H groups in total. The number of hydrogen-bond donors (Lipinski definition) is 0. The van der Waals surface area contributed by atoms with Crippen LogP contribution in [0.15, 0.2) is 93.7 Å². The molecule has 1 aromatic heterocycles. The highest BCUT2D eigenvalue weighted by molar-refractivity contribution is 8.08. The van der Waals surface area contributed by atoms with E-state index in [4.69, 9.17) is 16.3 Å². The predicted molar refractivity (Wildman–Crippen MR) is 164 cm³/mol. The minimum Gasteiger partial charge on any atom is -0.466 e. The standard InChI is InChI=1S/C30H23ClN4O4S2/c1-3-39-24(36)17-21-25(27(37)35(32-21)20-12-8-5-9-13-20)29-34(19-10-6-4-7-11-19)28(38)26(41-29)30-33(2)22-16-18(31)14-15-23(22)40-30/h4-16H,3,17H2,1-2H3. The van der Waals surface area contributed by atoms with Gasteiger partial charge in [0.2, 0.25) is 0 Å². The van der Waals surface area contributed by atoms with Gasteiger partial charge in [0, 0.05) is 17.0 Å². The molecule has 11 heteroatoms. The number of fused-ring (bicyclic) bond motifs is 1. The van der Waals surface area contributed by atoms with Crippen LogP contribution in [0.1, 0.15) is 13.3 Å². The highest BCUT2D eigenvalue weighted by Gasteiger charge is 2.35. The third-order valence-corrected chi connectivity index (χ3v) is 9.30. The number of carbonyl (C=O) groups excluding carboxylic acids is 2. The number of aromatic nitrogens is 1. The molecule has 4 aromatic rings. The molecule has 2 aliphatic rings. The zero-order chi connectivity index (χ0) is 28.7. The van der Waals surface area contributed by atoms with Gasteiger partial charge in [-0.25, -0.2) is 0 Å². The molecule has 0 aliphatic carbocycles. The largest absolute Gasteiger partial charge is 0.466 e. The zero-order valence-electron chi connectivity index (χ0n) is 22.0. The zero-order valence-corrected chi connectivity index (χ0v) is 24.4. The van der Waals surface area contributed by atoms with Crippen LogP contribution in [0.25, 0.3) is 16.3 Å². The summed E-state index contributed by atoms with van der Waals surface area (Å²) in [6, 6.07) is 23.7. The number of benzene rings is 3. The number of thioether (sulfide) groups is 1. The van der Waals surface area contributed by atoms with Crippen molar-refractivity contribution in [1.29, 1.82) is 0 Å². The first-order valence-corrected chi connectivity index (χ1v) is 14.8. The molecule has 2 aliphatic heterocycles. The van der Waals surface area contributed by atoms with Gasteiger partial charge in [0.15, 0.2) is 0 Å². The number of ether oxygens (including phenoxy) is 1. The fourth-order valence-electron chi connectivity index (χ4n) is 4.69. The summed E-state index contributed by atoms with van der Waals surface area (Å²) >= 11 is 8.93. The number of rotatable bonds is 5. The van der Waals surface area contributed by atoms with Crippen LogP contribution in [-0.2, 0) is 14.3 Å². The van der Waals surface area contributed by atoms with Crippen molar-refractivity contribution >= 4 is 74.3 Å². The summed E-state index contributed by atoms with van der Waals surface area (Å²) in [6.45, 7) is 1.92. The Morgan fingerprint density at radius 3 is 2.34 bits per heavy atom. The van der Waals surface area contributed by atoms with Crippen LogP contribution >= 0.6 is 34.7 Å². The Balaban J connectivity index is 1.64. The molecule has 0 saturated carbocycles. The average molecular weight is 603 g/mol. The summed E-state index contributed by atoms with van der Waals surface area (Å²) in [7, 11) is 1.88. The summed E-state index contributed by atoms with van der Waals surface area (Å²) in [6.07, 6.45) is -0.219. The van der Waals surface area contributed by atoms with Gasteiger partial charge in [-0.05, 0) is 49.4 Å². The van der Waals surface area contributed by atoms with E-state index < -0.39 is 11.9 Å². The van der Waals surface area contributed by atoms with Crippen LogP contribution in [-0.4, -0.2) is 35.8 Å². The second kappa shape index (κ2) is 11.0. The minimum absolute atomic E-state index is 0.186. The third kappa shape index (κ3) is 4.88. The normalized spacial score (nSPS) is 17.1. The Morgan fingerprint density at radius 1 is 0.976 bits per heavy atom. The van der Waals surface area contributed by atoms with Crippen LogP contribution in [0.5, 0.6) is 0 Å². The van der Waals surface area contributed by atoms with Gasteiger partial charge in [-0.2, -0.15) is 10.1 Å². The molecule has 0 unspecified atom stereocenters. The van der Waals surface area contributed by atoms with Crippen LogP contribution in [0.2, 0.25) is 5.02 Å². The van der Waals surface area contributed by atoms with Crippen molar-refractivity contribution in [3.63, 3.8) is 0 Å². The number of nitrogens with zero attached hydrogens (tertiary/aromatic N) is 4. The lowest BCUT2D eigenvalue weighted by Gasteiger charge is -2.12.